The number of halogens is 3. The van der Waals surface area contributed by atoms with Gasteiger partial charge >= 0.3 is 18.1 Å². The van der Waals surface area contributed by atoms with Gasteiger partial charge in [0.2, 0.25) is 0 Å². The maximum Gasteiger partial charge on any atom is 0.490 e. The molecule has 1 fully saturated rings. The van der Waals surface area contributed by atoms with Crippen LogP contribution >= 0.6 is 0 Å². The summed E-state index contributed by atoms with van der Waals surface area (Å²) in [5.74, 6) is -2.92. The predicted octanol–water partition coefficient (Wildman–Crippen LogP) is 2.77. The third-order valence-electron chi connectivity index (χ3n) is 3.38. The highest BCUT2D eigenvalue weighted by molar-refractivity contribution is 5.80. The van der Waals surface area contributed by atoms with Gasteiger partial charge in [-0.25, -0.2) is 4.79 Å². The molecule has 1 aliphatic carbocycles. The Balaban J connectivity index is 2.95. The van der Waals surface area contributed by atoms with Crippen molar-refractivity contribution < 1.29 is 32.2 Å². The van der Waals surface area contributed by atoms with Gasteiger partial charge in [-0.3, -0.25) is 4.79 Å². The Morgan fingerprint density at radius 1 is 1.45 bits per heavy atom. The summed E-state index contributed by atoms with van der Waals surface area (Å²) in [5.41, 5.74) is -1.25. The van der Waals surface area contributed by atoms with Crippen molar-refractivity contribution in [1.29, 1.82) is 0 Å². The molecule has 20 heavy (non-hydrogen) atoms. The van der Waals surface area contributed by atoms with E-state index in [0.29, 0.717) is 12.8 Å². The Labute approximate surface area is 114 Å². The molecule has 114 valence electrons. The number of carbonyl (C=O) groups is 2. The molecular weight excluding hydrogens is 277 g/mol. The number of allylic oxidation sites excluding steroid dienone is 1. The third-order valence-corrected chi connectivity index (χ3v) is 3.38. The van der Waals surface area contributed by atoms with Gasteiger partial charge in [-0.05, 0) is 32.6 Å². The van der Waals surface area contributed by atoms with E-state index >= 15 is 0 Å². The van der Waals surface area contributed by atoms with E-state index in [1.54, 1.807) is 6.92 Å². The lowest BCUT2D eigenvalue weighted by Crippen LogP contribution is -2.43. The number of carbonyl (C=O) groups excluding carboxylic acids is 2. The van der Waals surface area contributed by atoms with Gasteiger partial charge in [0.1, 0.15) is 11.5 Å². The summed E-state index contributed by atoms with van der Waals surface area (Å²) in [6, 6.07) is 0. The summed E-state index contributed by atoms with van der Waals surface area (Å²) in [7, 11) is 0. The van der Waals surface area contributed by atoms with Crippen LogP contribution in [-0.2, 0) is 19.1 Å². The first-order valence-electron chi connectivity index (χ1n) is 6.34. The molecule has 0 aromatic rings. The fourth-order valence-electron chi connectivity index (χ4n) is 2.49. The summed E-state index contributed by atoms with van der Waals surface area (Å²) >= 11 is 0. The fraction of sp³-hybridized carbons (Fsp3) is 0.692. The number of hydrogen-bond donors (Lipinski definition) is 0. The number of alkyl halides is 3. The van der Waals surface area contributed by atoms with Gasteiger partial charge in [-0.15, -0.1) is 6.58 Å². The van der Waals surface area contributed by atoms with Crippen molar-refractivity contribution in [2.45, 2.75) is 44.9 Å². The van der Waals surface area contributed by atoms with Gasteiger partial charge in [0.25, 0.3) is 0 Å². The molecule has 0 saturated heterocycles. The van der Waals surface area contributed by atoms with Crippen molar-refractivity contribution in [3.63, 3.8) is 0 Å². The lowest BCUT2D eigenvalue weighted by Gasteiger charge is -2.31. The number of ether oxygens (including phenoxy) is 2. The van der Waals surface area contributed by atoms with E-state index in [1.165, 1.54) is 6.08 Å². The van der Waals surface area contributed by atoms with Crippen LogP contribution in [0.5, 0.6) is 0 Å². The molecule has 2 atom stereocenters. The Hall–Kier alpha value is -1.53. The quantitative estimate of drug-likeness (QED) is 0.578. The Morgan fingerprint density at radius 2 is 2.10 bits per heavy atom. The maximum atomic E-state index is 12.3. The van der Waals surface area contributed by atoms with Gasteiger partial charge in [0.15, 0.2) is 0 Å². The smallest absolute Gasteiger partial charge is 0.465 e. The van der Waals surface area contributed by atoms with Gasteiger partial charge in [-0.1, -0.05) is 6.08 Å². The average Bonchev–Trinajstić information content (AvgIpc) is 2.73. The molecule has 0 aliphatic heterocycles. The van der Waals surface area contributed by atoms with Crippen LogP contribution in [0.2, 0.25) is 0 Å². The highest BCUT2D eigenvalue weighted by Gasteiger charge is 2.54. The lowest BCUT2D eigenvalue weighted by atomic mass is 9.80. The van der Waals surface area contributed by atoms with E-state index < -0.39 is 29.6 Å². The molecule has 0 unspecified atom stereocenters. The maximum absolute atomic E-state index is 12.3. The van der Waals surface area contributed by atoms with Crippen LogP contribution in [0.3, 0.4) is 0 Å². The number of esters is 2. The van der Waals surface area contributed by atoms with Crippen LogP contribution in [-0.4, -0.2) is 30.8 Å². The molecule has 1 rings (SSSR count). The van der Waals surface area contributed by atoms with Gasteiger partial charge in [0, 0.05) is 0 Å². The standard InChI is InChI=1S/C13H17F3O4/c1-3-7-12(10(17)19-4-2)8-5-6-9(12)20-11(18)13(14,15)16/h3,9H,1,4-8H2,2H3/t9-,12-/m0/s1. The molecule has 0 bridgehead atoms. The first kappa shape index (κ1) is 16.5. The summed E-state index contributed by atoms with van der Waals surface area (Å²) in [6.45, 7) is 5.21. The van der Waals surface area contributed by atoms with E-state index in [2.05, 4.69) is 11.3 Å². The second-order valence-corrected chi connectivity index (χ2v) is 4.65. The SMILES string of the molecule is C=CC[C@]1(C(=O)OCC)CCC[C@@H]1OC(=O)C(F)(F)F. The van der Waals surface area contributed by atoms with Crippen LogP contribution in [0.25, 0.3) is 0 Å². The molecular formula is C13H17F3O4. The minimum absolute atomic E-state index is 0.109. The molecule has 0 spiro atoms. The minimum Gasteiger partial charge on any atom is -0.465 e. The van der Waals surface area contributed by atoms with Crippen LogP contribution < -0.4 is 0 Å². The highest BCUT2D eigenvalue weighted by Crippen LogP contribution is 2.45. The van der Waals surface area contributed by atoms with Crippen LogP contribution in [0.4, 0.5) is 13.2 Å². The molecule has 0 radical (unpaired) electrons. The Bertz CT molecular complexity index is 392. The first-order chi connectivity index (χ1) is 9.28. The molecule has 4 nitrogen and oxygen atoms in total. The van der Waals surface area contributed by atoms with Crippen LogP contribution in [0, 0.1) is 5.41 Å². The predicted molar refractivity (Wildman–Crippen MR) is 63.7 cm³/mol. The second kappa shape index (κ2) is 6.28. The lowest BCUT2D eigenvalue weighted by molar-refractivity contribution is -0.211. The van der Waals surface area contributed by atoms with Gasteiger partial charge in [-0.2, -0.15) is 13.2 Å². The van der Waals surface area contributed by atoms with Crippen molar-refractivity contribution in [1.82, 2.24) is 0 Å². The topological polar surface area (TPSA) is 52.6 Å². The summed E-state index contributed by atoms with van der Waals surface area (Å²) in [4.78, 5) is 23.0. The molecule has 0 aromatic carbocycles. The van der Waals surface area contributed by atoms with E-state index in [4.69, 9.17) is 4.74 Å². The minimum atomic E-state index is -5.07. The molecule has 1 saturated carbocycles. The van der Waals surface area contributed by atoms with E-state index in [0.717, 1.165) is 0 Å². The number of hydrogen-bond acceptors (Lipinski definition) is 4. The third kappa shape index (κ3) is 3.32. The molecule has 7 heteroatoms. The molecule has 0 heterocycles. The van der Waals surface area contributed by atoms with Crippen molar-refractivity contribution in [3.8, 4) is 0 Å². The van der Waals surface area contributed by atoms with E-state index in [1.807, 2.05) is 0 Å². The largest absolute Gasteiger partial charge is 0.490 e. The monoisotopic (exact) mass is 294 g/mol. The van der Waals surface area contributed by atoms with Crippen molar-refractivity contribution in [2.75, 3.05) is 6.61 Å². The summed E-state index contributed by atoms with van der Waals surface area (Å²) in [5, 5.41) is 0. The van der Waals surface area contributed by atoms with Crippen molar-refractivity contribution in [2.24, 2.45) is 5.41 Å². The normalized spacial score (nSPS) is 26.1. The van der Waals surface area contributed by atoms with E-state index in [9.17, 15) is 22.8 Å². The summed E-state index contributed by atoms with van der Waals surface area (Å²) in [6.07, 6.45) is -3.66. The Kier molecular flexibility index (Phi) is 5.19. The average molecular weight is 294 g/mol. The molecule has 0 amide bonds. The fourth-order valence-corrected chi connectivity index (χ4v) is 2.49. The summed E-state index contributed by atoms with van der Waals surface area (Å²) < 4.78 is 46.3. The van der Waals surface area contributed by atoms with Gasteiger partial charge < -0.3 is 9.47 Å². The van der Waals surface area contributed by atoms with Crippen LogP contribution in [0.15, 0.2) is 12.7 Å². The van der Waals surface area contributed by atoms with Crippen molar-refractivity contribution >= 4 is 11.9 Å². The van der Waals surface area contributed by atoms with E-state index in [-0.39, 0.29) is 19.4 Å². The van der Waals surface area contributed by atoms with Crippen molar-refractivity contribution in [3.05, 3.63) is 12.7 Å². The number of rotatable bonds is 5. The zero-order chi connectivity index (χ0) is 15.4. The molecule has 0 N–H and O–H groups in total. The Morgan fingerprint density at radius 3 is 2.60 bits per heavy atom. The second-order valence-electron chi connectivity index (χ2n) is 4.65. The first-order valence-corrected chi connectivity index (χ1v) is 6.34. The zero-order valence-electron chi connectivity index (χ0n) is 11.2. The van der Waals surface area contributed by atoms with Gasteiger partial charge in [0.05, 0.1) is 6.61 Å². The van der Waals surface area contributed by atoms with Crippen LogP contribution in [0.1, 0.15) is 32.6 Å². The highest BCUT2D eigenvalue weighted by atomic mass is 19.4. The molecule has 0 aromatic heterocycles. The zero-order valence-corrected chi connectivity index (χ0v) is 11.2. The molecule has 1 aliphatic rings.